The van der Waals surface area contributed by atoms with Crippen LogP contribution in [0.1, 0.15) is 38.0 Å². The Balaban J connectivity index is 2.33. The van der Waals surface area contributed by atoms with E-state index >= 15 is 0 Å². The molecular formula is C21H19N3O8. The number of aromatic carboxylic acids is 1. The van der Waals surface area contributed by atoms with Crippen LogP contribution in [-0.4, -0.2) is 55.0 Å². The van der Waals surface area contributed by atoms with Crippen molar-refractivity contribution in [3.8, 4) is 0 Å². The molecule has 1 unspecified atom stereocenters. The summed E-state index contributed by atoms with van der Waals surface area (Å²) >= 11 is 0. The van der Waals surface area contributed by atoms with E-state index in [1.54, 1.807) is 0 Å². The van der Waals surface area contributed by atoms with E-state index in [0.717, 1.165) is 14.0 Å². The van der Waals surface area contributed by atoms with Crippen molar-refractivity contribution in [2.75, 3.05) is 19.5 Å². The first-order valence-electron chi connectivity index (χ1n) is 9.04. The van der Waals surface area contributed by atoms with Gasteiger partial charge in [-0.25, -0.2) is 14.4 Å². The van der Waals surface area contributed by atoms with Crippen LogP contribution in [-0.2, 0) is 19.1 Å². The van der Waals surface area contributed by atoms with Crippen molar-refractivity contribution in [1.82, 2.24) is 0 Å². The normalized spacial score (nSPS) is 11.5. The number of nitrogens with one attached hydrogen (secondary N) is 1. The van der Waals surface area contributed by atoms with Crippen LogP contribution < -0.4 is 5.32 Å². The number of carboxylic acids is 1. The second-order valence-corrected chi connectivity index (χ2v) is 6.32. The number of azo groups is 1. The molecule has 1 atom stereocenters. The van der Waals surface area contributed by atoms with Crippen molar-refractivity contribution in [3.63, 3.8) is 0 Å². The van der Waals surface area contributed by atoms with Gasteiger partial charge < -0.3 is 19.9 Å². The smallest absolute Gasteiger partial charge is 0.340 e. The molecule has 0 aromatic heterocycles. The maximum Gasteiger partial charge on any atom is 0.340 e. The SMILES string of the molecule is COC(=O)c1ccc(C(=O)OC)c(N=NC(C(C)=O)C(=O)Nc2ccc(C(=O)O)cc2)c1. The fraction of sp³-hybridized carbons (Fsp3) is 0.190. The van der Waals surface area contributed by atoms with E-state index in [-0.39, 0.29) is 28.1 Å². The monoisotopic (exact) mass is 441 g/mol. The molecular weight excluding hydrogens is 422 g/mol. The third-order valence-corrected chi connectivity index (χ3v) is 4.14. The van der Waals surface area contributed by atoms with Crippen LogP contribution in [0.2, 0.25) is 0 Å². The number of benzene rings is 2. The number of nitrogens with zero attached hydrogens (tertiary/aromatic N) is 2. The first kappa shape index (κ1) is 23.9. The number of carboxylic acid groups (broad SMARTS) is 1. The molecule has 166 valence electrons. The van der Waals surface area contributed by atoms with E-state index in [2.05, 4.69) is 25.0 Å². The summed E-state index contributed by atoms with van der Waals surface area (Å²) in [6.07, 6.45) is 0. The molecule has 2 aromatic carbocycles. The Morgan fingerprint density at radius 2 is 1.50 bits per heavy atom. The quantitative estimate of drug-likeness (QED) is 0.359. The lowest BCUT2D eigenvalue weighted by atomic mass is 10.1. The van der Waals surface area contributed by atoms with Crippen LogP contribution >= 0.6 is 0 Å². The van der Waals surface area contributed by atoms with Gasteiger partial charge in [-0.2, -0.15) is 10.2 Å². The third kappa shape index (κ3) is 5.81. The molecule has 11 heteroatoms. The van der Waals surface area contributed by atoms with E-state index < -0.39 is 35.6 Å². The minimum atomic E-state index is -1.57. The molecule has 0 bridgehead atoms. The summed E-state index contributed by atoms with van der Waals surface area (Å²) in [4.78, 5) is 59.2. The maximum absolute atomic E-state index is 12.5. The number of ketones is 1. The van der Waals surface area contributed by atoms with Gasteiger partial charge in [0.05, 0.1) is 30.9 Å². The summed E-state index contributed by atoms with van der Waals surface area (Å²) in [7, 11) is 2.33. The number of ether oxygens (including phenoxy) is 2. The van der Waals surface area contributed by atoms with E-state index in [1.165, 1.54) is 49.6 Å². The highest BCUT2D eigenvalue weighted by Crippen LogP contribution is 2.24. The Bertz CT molecular complexity index is 1090. The number of amides is 1. The van der Waals surface area contributed by atoms with Crippen LogP contribution in [0.15, 0.2) is 52.7 Å². The number of hydrogen-bond acceptors (Lipinski definition) is 9. The molecule has 2 N–H and O–H groups in total. The molecule has 0 saturated heterocycles. The Morgan fingerprint density at radius 3 is 2.03 bits per heavy atom. The average Bonchev–Trinajstić information content (AvgIpc) is 2.78. The molecule has 11 nitrogen and oxygen atoms in total. The topological polar surface area (TPSA) is 161 Å². The zero-order chi connectivity index (χ0) is 23.8. The van der Waals surface area contributed by atoms with Gasteiger partial charge >= 0.3 is 17.9 Å². The molecule has 0 aliphatic carbocycles. The Hall–Kier alpha value is -4.41. The summed E-state index contributed by atoms with van der Waals surface area (Å²) in [6, 6.07) is 7.51. The number of rotatable bonds is 8. The van der Waals surface area contributed by atoms with Crippen LogP contribution in [0.3, 0.4) is 0 Å². The van der Waals surface area contributed by atoms with Gasteiger partial charge in [0, 0.05) is 5.69 Å². The summed E-state index contributed by atoms with van der Waals surface area (Å²) in [5.74, 6) is -4.06. The van der Waals surface area contributed by atoms with E-state index in [4.69, 9.17) is 5.11 Å². The van der Waals surface area contributed by atoms with Gasteiger partial charge in [0.1, 0.15) is 5.69 Å². The fourth-order valence-corrected chi connectivity index (χ4v) is 2.49. The highest BCUT2D eigenvalue weighted by molar-refractivity contribution is 6.10. The van der Waals surface area contributed by atoms with Gasteiger partial charge in [-0.1, -0.05) is 0 Å². The van der Waals surface area contributed by atoms with Gasteiger partial charge in [-0.3, -0.25) is 9.59 Å². The molecule has 0 aliphatic rings. The first-order valence-corrected chi connectivity index (χ1v) is 9.04. The Kier molecular flexibility index (Phi) is 7.88. The molecule has 0 saturated carbocycles. The molecule has 2 rings (SSSR count). The number of carbonyl (C=O) groups excluding carboxylic acids is 4. The summed E-state index contributed by atoms with van der Waals surface area (Å²) in [5.41, 5.74) is 0.174. The van der Waals surface area contributed by atoms with Gasteiger partial charge in [0.2, 0.25) is 6.04 Å². The van der Waals surface area contributed by atoms with Crippen molar-refractivity contribution >= 4 is 41.0 Å². The summed E-state index contributed by atoms with van der Waals surface area (Å²) in [5, 5.41) is 18.9. The first-order chi connectivity index (χ1) is 15.2. The third-order valence-electron chi connectivity index (χ3n) is 4.14. The molecule has 0 spiro atoms. The molecule has 0 radical (unpaired) electrons. The Labute approximate surface area is 182 Å². The van der Waals surface area contributed by atoms with E-state index in [1.807, 2.05) is 0 Å². The van der Waals surface area contributed by atoms with Crippen molar-refractivity contribution in [1.29, 1.82) is 0 Å². The van der Waals surface area contributed by atoms with E-state index in [9.17, 15) is 24.0 Å². The fourth-order valence-electron chi connectivity index (χ4n) is 2.49. The summed E-state index contributed by atoms with van der Waals surface area (Å²) < 4.78 is 9.29. The lowest BCUT2D eigenvalue weighted by Crippen LogP contribution is -2.31. The minimum absolute atomic E-state index is 0.0200. The standard InChI is InChI=1S/C21H19N3O8/c1-11(25)17(18(26)22-14-7-4-12(5-8-14)19(27)28)24-23-16-10-13(20(29)31-2)6-9-15(16)21(30)32-3/h4-10,17H,1-3H3,(H,22,26)(H,27,28). The average molecular weight is 441 g/mol. The zero-order valence-corrected chi connectivity index (χ0v) is 17.3. The van der Waals surface area contributed by atoms with Crippen LogP contribution in [0.4, 0.5) is 11.4 Å². The number of Topliss-reactive ketones (excluding diaryl/α,β-unsaturated/α-hetero) is 1. The number of hydrogen-bond donors (Lipinski definition) is 2. The number of methoxy groups -OCH3 is 2. The van der Waals surface area contributed by atoms with Gasteiger partial charge in [-0.15, -0.1) is 0 Å². The van der Waals surface area contributed by atoms with Crippen molar-refractivity contribution in [2.24, 2.45) is 10.2 Å². The second-order valence-electron chi connectivity index (χ2n) is 6.32. The van der Waals surface area contributed by atoms with Gasteiger partial charge in [0.25, 0.3) is 5.91 Å². The molecule has 0 fully saturated rings. The van der Waals surface area contributed by atoms with Gasteiger partial charge in [-0.05, 0) is 49.4 Å². The molecule has 2 aromatic rings. The van der Waals surface area contributed by atoms with Crippen molar-refractivity contribution < 1.29 is 38.6 Å². The summed E-state index contributed by atoms with van der Waals surface area (Å²) in [6.45, 7) is 1.13. The lowest BCUT2D eigenvalue weighted by molar-refractivity contribution is -0.126. The molecule has 32 heavy (non-hydrogen) atoms. The number of carbonyl (C=O) groups is 5. The van der Waals surface area contributed by atoms with Crippen LogP contribution in [0, 0.1) is 0 Å². The molecule has 0 aliphatic heterocycles. The predicted molar refractivity (Wildman–Crippen MR) is 110 cm³/mol. The zero-order valence-electron chi connectivity index (χ0n) is 17.3. The van der Waals surface area contributed by atoms with E-state index in [0.29, 0.717) is 0 Å². The highest BCUT2D eigenvalue weighted by Gasteiger charge is 2.24. The second kappa shape index (κ2) is 10.6. The van der Waals surface area contributed by atoms with Crippen molar-refractivity contribution in [3.05, 3.63) is 59.2 Å². The Morgan fingerprint density at radius 1 is 0.906 bits per heavy atom. The van der Waals surface area contributed by atoms with Crippen molar-refractivity contribution in [2.45, 2.75) is 13.0 Å². The molecule has 0 heterocycles. The number of anilines is 1. The van der Waals surface area contributed by atoms with Crippen LogP contribution in [0.5, 0.6) is 0 Å². The number of esters is 2. The molecule has 1 amide bonds. The van der Waals surface area contributed by atoms with Gasteiger partial charge in [0.15, 0.2) is 5.78 Å². The lowest BCUT2D eigenvalue weighted by Gasteiger charge is -2.10. The maximum atomic E-state index is 12.5. The highest BCUT2D eigenvalue weighted by atomic mass is 16.5. The predicted octanol–water partition coefficient (Wildman–Crippen LogP) is 2.64. The minimum Gasteiger partial charge on any atom is -0.478 e. The largest absolute Gasteiger partial charge is 0.478 e. The van der Waals surface area contributed by atoms with Crippen LogP contribution in [0.25, 0.3) is 0 Å².